The number of fused-ring (bicyclic) bond motifs is 2. The molecule has 104 heavy (non-hydrogen) atoms. The number of halogens is 8. The molecule has 0 radical (unpaired) electrons. The number of aromatic nitrogens is 8. The number of hydrogen-bond acceptors (Lipinski definition) is 9. The van der Waals surface area contributed by atoms with E-state index >= 15 is 0 Å². The second-order valence-electron chi connectivity index (χ2n) is 21.9. The van der Waals surface area contributed by atoms with Gasteiger partial charge >= 0.3 is 120 Å². The fourth-order valence-corrected chi connectivity index (χ4v) is 10.4. The first-order valence-electron chi connectivity index (χ1n) is 29.8. The first-order valence-corrected chi connectivity index (χ1v) is 29.8. The molecule has 0 atom stereocenters. The van der Waals surface area contributed by atoms with Crippen molar-refractivity contribution in [1.29, 1.82) is 0 Å². The van der Waals surface area contributed by atoms with Crippen molar-refractivity contribution >= 4 is 93.2 Å². The number of ether oxygens (including phenoxy) is 1. The van der Waals surface area contributed by atoms with Crippen LogP contribution >= 0.6 is 0 Å². The summed E-state index contributed by atoms with van der Waals surface area (Å²) in [5, 5.41) is 0. The summed E-state index contributed by atoms with van der Waals surface area (Å²) in [6.07, 6.45) is 18.7. The Morgan fingerprint density at radius 1 is 0.356 bits per heavy atom. The topological polar surface area (TPSA) is 148 Å². The van der Waals surface area contributed by atoms with E-state index in [1.807, 2.05) is 171 Å². The van der Waals surface area contributed by atoms with Gasteiger partial charge in [0.15, 0.2) is 42.3 Å². The van der Waals surface area contributed by atoms with E-state index in [2.05, 4.69) is 124 Å². The average molecular weight is 1850 g/mol. The summed E-state index contributed by atoms with van der Waals surface area (Å²) >= 11 is 0. The molecule has 6 aliphatic heterocycles. The molecule has 14 heterocycles. The monoisotopic (exact) mass is 1850 g/mol. The Morgan fingerprint density at radius 3 is 0.933 bits per heavy atom. The van der Waals surface area contributed by atoms with Gasteiger partial charge < -0.3 is 14.7 Å². The maximum absolute atomic E-state index is 13.6. The second kappa shape index (κ2) is 30.7. The molecule has 0 spiro atoms. The third kappa shape index (κ3) is 15.0. The molecule has 10 aromatic rings. The minimum absolute atomic E-state index is 0. The first kappa shape index (κ1) is 73.3. The van der Waals surface area contributed by atoms with Crippen molar-refractivity contribution in [3.05, 3.63) is 243 Å². The van der Waals surface area contributed by atoms with Crippen LogP contribution in [-0.2, 0) is 60.6 Å². The van der Waals surface area contributed by atoms with Crippen LogP contribution in [-0.4, -0.2) is 164 Å². The molecule has 0 aliphatic carbocycles. The van der Waals surface area contributed by atoms with E-state index in [0.717, 1.165) is 47.3 Å². The zero-order chi connectivity index (χ0) is 70.3. The fourth-order valence-electron chi connectivity index (χ4n) is 10.4. The van der Waals surface area contributed by atoms with Crippen LogP contribution in [0.15, 0.2) is 147 Å². The molecule has 0 unspecified atom stereocenters. The smallest absolute Gasteiger partial charge is 0.611 e. The normalized spacial score (nSPS) is 13.6. The van der Waals surface area contributed by atoms with E-state index in [1.54, 1.807) is 12.4 Å². The van der Waals surface area contributed by atoms with Gasteiger partial charge in [0, 0.05) is 24.5 Å². The van der Waals surface area contributed by atoms with E-state index in [0.29, 0.717) is 45.6 Å². The standard InChI is InChI=1S/C42H32N14O.2C15H5F4N3.Ir.Pt.Rh/c1-45-13-17-51(25-45)33-23-39(37(53-19-15-47(3)27-53)21-35(33)55-29-49(5)41-31(55)9-7-11-43-41)57-40-24-34(52-18-14-46(2)26-52)36(22-38(40)54-20-16-48(4)28-54)56-30-50(6)42-32(56)10-8-12-44-42;2*16-12-6-4-8(14(18)21-12)10-2-1-3-11(20-10)9-5-7-13(17)22-15(9)19;;;/h7-20H,1-6H3;2*1-3,6-7H;;;/q+8;2*-2;+3;+2;+3. The maximum Gasteiger partial charge on any atom is 3.00 e. The summed E-state index contributed by atoms with van der Waals surface area (Å²) in [6, 6.07) is 64.0. The van der Waals surface area contributed by atoms with Gasteiger partial charge in [0.25, 0.3) is 0 Å². The Bertz CT molecular complexity index is 5450. The number of nitrogens with zero attached hydrogens (tertiary/aromatic N) is 20. The van der Waals surface area contributed by atoms with Gasteiger partial charge in [0.05, 0.1) is 34.1 Å². The second-order valence-corrected chi connectivity index (χ2v) is 21.9. The molecule has 0 fully saturated rings. The van der Waals surface area contributed by atoms with Crippen molar-refractivity contribution in [3.63, 3.8) is 0 Å². The predicted molar refractivity (Wildman–Crippen MR) is 339 cm³/mol. The largest absolute Gasteiger partial charge is 3.00 e. The van der Waals surface area contributed by atoms with Crippen LogP contribution in [0.25, 0.3) is 45.0 Å². The minimum Gasteiger partial charge on any atom is -0.611 e. The third-order valence-electron chi connectivity index (χ3n) is 14.9. The van der Waals surface area contributed by atoms with Gasteiger partial charge in [-0.2, -0.15) is 34.2 Å². The molecule has 2 aromatic carbocycles. The fraction of sp³-hybridized carbons (Fsp3) is 0.0833. The molecule has 0 amide bonds. The van der Waals surface area contributed by atoms with Gasteiger partial charge in [-0.1, -0.05) is 110 Å². The van der Waals surface area contributed by atoms with E-state index in [1.165, 1.54) is 36.4 Å². The van der Waals surface area contributed by atoms with Gasteiger partial charge in [-0.25, -0.2) is 35.1 Å². The van der Waals surface area contributed by atoms with E-state index in [-0.39, 0.29) is 106 Å². The van der Waals surface area contributed by atoms with Gasteiger partial charge in [0.2, 0.25) is 49.6 Å². The molecule has 21 nitrogen and oxygen atoms in total. The summed E-state index contributed by atoms with van der Waals surface area (Å²) in [4.78, 5) is 29.4. The Labute approximate surface area is 626 Å². The van der Waals surface area contributed by atoms with E-state index in [9.17, 15) is 35.1 Å². The molecule has 0 N–H and O–H groups in total. The SMILES string of the molecule is C[N+]1=C=[N+](c2[c-]c([N+]3=C=[N+](C)c4ncccc43)c([N+]3=C=[N+](C)C=C3)[c-]c2Oc2[c-]c([N+]3=C=[N+](C)C=C3)c([N+]3=C=[N+](C)c4ncccc43)[c-]c2[N+]2=C=[N+](C)C=C2)C=C1.Fc1c[c-]c(-c2cccc(-c3[c-]cc(F)nc3F)n2)c(F)n1.Fc1c[c-]c(-c2cccc(-c3[c-]cc(F)nc3F)n2)c(F)n1.[Ir+3].[Pt+2].[Rh+3]. The van der Waals surface area contributed by atoms with Crippen molar-refractivity contribution < 1.29 is 146 Å². The van der Waals surface area contributed by atoms with Crippen molar-refractivity contribution in [2.45, 2.75) is 0 Å². The summed E-state index contributed by atoms with van der Waals surface area (Å²) in [6.45, 7) is 0. The molecule has 8 aromatic heterocycles. The van der Waals surface area contributed by atoms with Crippen LogP contribution < -0.4 is 13.9 Å². The van der Waals surface area contributed by atoms with Crippen LogP contribution in [0.1, 0.15) is 0 Å². The van der Waals surface area contributed by atoms with Crippen LogP contribution in [0.3, 0.4) is 0 Å². The van der Waals surface area contributed by atoms with E-state index in [4.69, 9.17) is 4.74 Å². The zero-order valence-corrected chi connectivity index (χ0v) is 60.5. The summed E-state index contributed by atoms with van der Waals surface area (Å²) in [5.41, 5.74) is 4.80. The maximum atomic E-state index is 13.6. The molecular formula is C72H42F8IrN20OPtRh+12. The van der Waals surface area contributed by atoms with Gasteiger partial charge in [-0.15, -0.1) is 51.7 Å². The van der Waals surface area contributed by atoms with Crippen molar-refractivity contribution in [1.82, 2.24) is 49.0 Å². The summed E-state index contributed by atoms with van der Waals surface area (Å²) in [7, 11) is 11.5. The average Bonchev–Trinajstić information content (AvgIpc) is 1.55. The Hall–Kier alpha value is -11.9. The molecule has 16 rings (SSSR count). The van der Waals surface area contributed by atoms with Gasteiger partial charge in [-0.3, -0.25) is 19.9 Å². The summed E-state index contributed by atoms with van der Waals surface area (Å²) in [5.74, 6) is -6.24. The molecule has 0 saturated carbocycles. The Balaban J connectivity index is 0.000000189. The van der Waals surface area contributed by atoms with Crippen molar-refractivity contribution in [3.8, 4) is 56.5 Å². The van der Waals surface area contributed by atoms with Crippen molar-refractivity contribution in [2.24, 2.45) is 0 Å². The predicted octanol–water partition coefficient (Wildman–Crippen LogP) is 10.6. The molecule has 6 aliphatic rings. The quantitative estimate of drug-likeness (QED) is 0.0383. The molecule has 32 heteroatoms. The first-order chi connectivity index (χ1) is 48.8. The van der Waals surface area contributed by atoms with E-state index < -0.39 is 47.6 Å². The summed E-state index contributed by atoms with van der Waals surface area (Å²) < 4.78 is 135. The minimum atomic E-state index is -1.09. The number of rotatable bonds is 12. The zero-order valence-electron chi connectivity index (χ0n) is 54.2. The molecular weight excluding hydrogens is 1800 g/mol. The molecule has 0 saturated heterocycles. The number of hydrogen-bond donors (Lipinski definition) is 0. The molecule has 508 valence electrons. The van der Waals surface area contributed by atoms with Crippen LogP contribution in [0.2, 0.25) is 0 Å². The van der Waals surface area contributed by atoms with Crippen LogP contribution in [0, 0.1) is 96.1 Å². The van der Waals surface area contributed by atoms with Gasteiger partial charge in [-0.05, 0) is 46.4 Å². The van der Waals surface area contributed by atoms with Gasteiger partial charge in [0.1, 0.15) is 47.6 Å². The Morgan fingerprint density at radius 2 is 0.654 bits per heavy atom. The number of benzene rings is 2. The molecule has 0 bridgehead atoms. The third-order valence-corrected chi connectivity index (χ3v) is 14.9. The Kier molecular flexibility index (Phi) is 21.7. The van der Waals surface area contributed by atoms with Crippen LogP contribution in [0.5, 0.6) is 11.5 Å². The van der Waals surface area contributed by atoms with Crippen LogP contribution in [0.4, 0.5) is 92.3 Å². The van der Waals surface area contributed by atoms with Crippen molar-refractivity contribution in [2.75, 3.05) is 42.3 Å². The number of pyridine rings is 8.